The van der Waals surface area contributed by atoms with E-state index in [1.54, 1.807) is 13.0 Å². The number of nitrogens with zero attached hydrogens (tertiary/aromatic N) is 1. The number of hydrogen-bond donors (Lipinski definition) is 0. The molecule has 0 radical (unpaired) electrons. The van der Waals surface area contributed by atoms with Gasteiger partial charge >= 0.3 is 12.1 Å². The molecular weight excluding hydrogens is 283 g/mol. The maximum Gasteiger partial charge on any atom is 0.416 e. The summed E-state index contributed by atoms with van der Waals surface area (Å²) in [5.74, 6) is -0.806. The van der Waals surface area contributed by atoms with Crippen molar-refractivity contribution in [3.05, 3.63) is 33.8 Å². The monoisotopic (exact) mass is 291 g/mol. The molecule has 0 N–H and O–H groups in total. The van der Waals surface area contributed by atoms with Crippen LogP contribution < -0.4 is 0 Å². The average molecular weight is 292 g/mol. The van der Waals surface area contributed by atoms with Crippen LogP contribution in [-0.2, 0) is 22.1 Å². The van der Waals surface area contributed by atoms with Crippen molar-refractivity contribution < 1.29 is 22.7 Å². The van der Waals surface area contributed by atoms with Gasteiger partial charge in [0.15, 0.2) is 0 Å². The van der Waals surface area contributed by atoms with E-state index in [2.05, 4.69) is 4.74 Å². The number of halogens is 4. The lowest BCUT2D eigenvalue weighted by Gasteiger charge is -2.14. The van der Waals surface area contributed by atoms with Gasteiger partial charge in [0.25, 0.3) is 0 Å². The van der Waals surface area contributed by atoms with E-state index in [1.165, 1.54) is 0 Å². The van der Waals surface area contributed by atoms with Crippen molar-refractivity contribution in [3.8, 4) is 6.07 Å². The molecule has 0 unspecified atom stereocenters. The van der Waals surface area contributed by atoms with Crippen LogP contribution in [0.5, 0.6) is 0 Å². The van der Waals surface area contributed by atoms with E-state index in [4.69, 9.17) is 16.9 Å². The molecule has 0 aliphatic rings. The third-order valence-electron chi connectivity index (χ3n) is 2.26. The highest BCUT2D eigenvalue weighted by Crippen LogP contribution is 2.36. The second-order valence-corrected chi connectivity index (χ2v) is 3.98. The van der Waals surface area contributed by atoms with Crippen LogP contribution in [0.25, 0.3) is 0 Å². The number of nitriles is 1. The Morgan fingerprint density at radius 3 is 2.58 bits per heavy atom. The fourth-order valence-corrected chi connectivity index (χ4v) is 1.78. The van der Waals surface area contributed by atoms with Crippen molar-refractivity contribution in [1.82, 2.24) is 0 Å². The summed E-state index contributed by atoms with van der Waals surface area (Å²) < 4.78 is 43.2. The van der Waals surface area contributed by atoms with Gasteiger partial charge in [0.1, 0.15) is 0 Å². The first kappa shape index (κ1) is 15.3. The number of hydrogen-bond acceptors (Lipinski definition) is 3. The zero-order valence-electron chi connectivity index (χ0n) is 9.84. The zero-order valence-corrected chi connectivity index (χ0v) is 10.6. The first-order chi connectivity index (χ1) is 8.79. The number of carbonyl (C=O) groups is 1. The minimum Gasteiger partial charge on any atom is -0.466 e. The van der Waals surface area contributed by atoms with E-state index in [0.29, 0.717) is 6.07 Å². The number of rotatable bonds is 3. The lowest BCUT2D eigenvalue weighted by atomic mass is 10.0. The SMILES string of the molecule is CCOC(=O)Cc1c(Cl)cc(C#N)cc1C(F)(F)F. The Morgan fingerprint density at radius 1 is 1.47 bits per heavy atom. The summed E-state index contributed by atoms with van der Waals surface area (Å²) in [7, 11) is 0. The molecule has 7 heteroatoms. The molecule has 0 fully saturated rings. The number of ether oxygens (including phenoxy) is 1. The Kier molecular flexibility index (Phi) is 4.78. The normalized spacial score (nSPS) is 10.9. The lowest BCUT2D eigenvalue weighted by molar-refractivity contribution is -0.143. The molecule has 1 aromatic rings. The fraction of sp³-hybridized carbons (Fsp3) is 0.333. The fourth-order valence-electron chi connectivity index (χ4n) is 1.49. The summed E-state index contributed by atoms with van der Waals surface area (Å²) in [6.07, 6.45) is -5.29. The minimum atomic E-state index is -4.70. The van der Waals surface area contributed by atoms with E-state index >= 15 is 0 Å². The lowest BCUT2D eigenvalue weighted by Crippen LogP contribution is -2.15. The Balaban J connectivity index is 3.29. The molecule has 0 aliphatic carbocycles. The first-order valence-electron chi connectivity index (χ1n) is 5.25. The maximum absolute atomic E-state index is 12.9. The summed E-state index contributed by atoms with van der Waals surface area (Å²) in [5.41, 5.74) is -1.69. The zero-order chi connectivity index (χ0) is 14.6. The molecule has 102 valence electrons. The van der Waals surface area contributed by atoms with Crippen LogP contribution in [0, 0.1) is 11.3 Å². The topological polar surface area (TPSA) is 50.1 Å². The van der Waals surface area contributed by atoms with Crippen molar-refractivity contribution in [3.63, 3.8) is 0 Å². The van der Waals surface area contributed by atoms with Gasteiger partial charge in [-0.05, 0) is 24.6 Å². The van der Waals surface area contributed by atoms with Crippen LogP contribution in [-0.4, -0.2) is 12.6 Å². The summed E-state index contributed by atoms with van der Waals surface area (Å²) in [4.78, 5) is 11.3. The second-order valence-electron chi connectivity index (χ2n) is 3.58. The van der Waals surface area contributed by atoms with Gasteiger partial charge in [-0.1, -0.05) is 11.6 Å². The molecule has 0 atom stereocenters. The number of alkyl halides is 3. The van der Waals surface area contributed by atoms with E-state index in [9.17, 15) is 18.0 Å². The maximum atomic E-state index is 12.9. The van der Waals surface area contributed by atoms with Gasteiger partial charge < -0.3 is 4.74 Å². The Morgan fingerprint density at radius 2 is 2.11 bits per heavy atom. The minimum absolute atomic E-state index is 0.0636. The molecule has 0 aromatic heterocycles. The largest absolute Gasteiger partial charge is 0.466 e. The second kappa shape index (κ2) is 5.93. The van der Waals surface area contributed by atoms with Gasteiger partial charge in [0.2, 0.25) is 0 Å². The molecule has 1 aromatic carbocycles. The van der Waals surface area contributed by atoms with E-state index in [1.807, 2.05) is 0 Å². The van der Waals surface area contributed by atoms with Crippen LogP contribution in [0.4, 0.5) is 13.2 Å². The molecule has 0 heterocycles. The third-order valence-corrected chi connectivity index (χ3v) is 2.59. The molecule has 0 spiro atoms. The predicted octanol–water partition coefficient (Wildman–Crippen LogP) is 3.34. The molecule has 0 saturated carbocycles. The number of benzene rings is 1. The van der Waals surface area contributed by atoms with Crippen LogP contribution in [0.15, 0.2) is 12.1 Å². The van der Waals surface area contributed by atoms with Crippen LogP contribution in [0.2, 0.25) is 5.02 Å². The van der Waals surface area contributed by atoms with Crippen molar-refractivity contribution in [2.45, 2.75) is 19.5 Å². The van der Waals surface area contributed by atoms with Gasteiger partial charge in [0.05, 0.1) is 30.2 Å². The molecule has 0 bridgehead atoms. The summed E-state index contributed by atoms with van der Waals surface area (Å²) in [6, 6.07) is 3.34. The van der Waals surface area contributed by atoms with Gasteiger partial charge in [-0.3, -0.25) is 4.79 Å². The third kappa shape index (κ3) is 3.86. The van der Waals surface area contributed by atoms with Crippen LogP contribution >= 0.6 is 11.6 Å². The highest BCUT2D eigenvalue weighted by atomic mass is 35.5. The van der Waals surface area contributed by atoms with Gasteiger partial charge in [-0.15, -0.1) is 0 Å². The quantitative estimate of drug-likeness (QED) is 0.803. The molecular formula is C12H9ClF3NO2. The van der Waals surface area contributed by atoms with E-state index in [0.717, 1.165) is 6.07 Å². The van der Waals surface area contributed by atoms with Crippen molar-refractivity contribution >= 4 is 17.6 Å². The van der Waals surface area contributed by atoms with Crippen molar-refractivity contribution in [1.29, 1.82) is 5.26 Å². The number of esters is 1. The van der Waals surface area contributed by atoms with Gasteiger partial charge in [0, 0.05) is 5.02 Å². The first-order valence-corrected chi connectivity index (χ1v) is 5.62. The molecule has 0 saturated heterocycles. The van der Waals surface area contributed by atoms with Gasteiger partial charge in [-0.2, -0.15) is 18.4 Å². The highest BCUT2D eigenvalue weighted by molar-refractivity contribution is 6.31. The van der Waals surface area contributed by atoms with E-state index in [-0.39, 0.29) is 22.8 Å². The average Bonchev–Trinajstić information content (AvgIpc) is 2.30. The number of carbonyl (C=O) groups excluding carboxylic acids is 1. The van der Waals surface area contributed by atoms with Crippen molar-refractivity contribution in [2.24, 2.45) is 0 Å². The van der Waals surface area contributed by atoms with E-state index < -0.39 is 24.1 Å². The molecule has 0 aliphatic heterocycles. The Bertz CT molecular complexity index is 535. The van der Waals surface area contributed by atoms with Gasteiger partial charge in [-0.25, -0.2) is 0 Å². The standard InChI is InChI=1S/C12H9ClF3NO2/c1-2-19-11(18)5-8-9(12(14,15)16)3-7(6-17)4-10(8)13/h3-4H,2,5H2,1H3. The molecule has 1 rings (SSSR count). The molecule has 19 heavy (non-hydrogen) atoms. The Labute approximate surface area is 112 Å². The predicted molar refractivity (Wildman–Crippen MR) is 61.5 cm³/mol. The molecule has 0 amide bonds. The molecule has 3 nitrogen and oxygen atoms in total. The Hall–Kier alpha value is -1.74. The summed E-state index contributed by atoms with van der Waals surface area (Å²) in [6.45, 7) is 1.61. The van der Waals surface area contributed by atoms with Crippen LogP contribution in [0.3, 0.4) is 0 Å². The van der Waals surface area contributed by atoms with Crippen molar-refractivity contribution in [2.75, 3.05) is 6.61 Å². The smallest absolute Gasteiger partial charge is 0.416 e. The summed E-state index contributed by atoms with van der Waals surface area (Å²) in [5, 5.41) is 8.36. The highest BCUT2D eigenvalue weighted by Gasteiger charge is 2.35. The van der Waals surface area contributed by atoms with Crippen LogP contribution in [0.1, 0.15) is 23.6 Å². The summed E-state index contributed by atoms with van der Waals surface area (Å²) >= 11 is 5.70.